The number of esters is 1. The lowest BCUT2D eigenvalue weighted by molar-refractivity contribution is -0.145. The number of rotatable bonds is 5. The maximum Gasteiger partial charge on any atom is 0.410 e. The molecule has 1 unspecified atom stereocenters. The average Bonchev–Trinajstić information content (AvgIpc) is 3.08. The molecule has 2 aliphatic rings. The Balaban J connectivity index is 1.75. The molecule has 11 heteroatoms. The molecule has 0 N–H and O–H groups in total. The molecule has 3 rings (SSSR count). The molecule has 0 aromatic heterocycles. The summed E-state index contributed by atoms with van der Waals surface area (Å²) in [6.45, 7) is 0.296. The van der Waals surface area contributed by atoms with Crippen molar-refractivity contribution in [1.82, 2.24) is 9.21 Å². The van der Waals surface area contributed by atoms with Crippen LogP contribution in [0.5, 0.6) is 5.75 Å². The van der Waals surface area contributed by atoms with E-state index in [-0.39, 0.29) is 41.4 Å². The second kappa shape index (κ2) is 8.14. The average molecular weight is 433 g/mol. The molecule has 0 spiro atoms. The number of hydrogen-bond acceptors (Lipinski definition) is 7. The number of amides is 1. The summed E-state index contributed by atoms with van der Waals surface area (Å²) in [5.41, 5.74) is 0. The van der Waals surface area contributed by atoms with Gasteiger partial charge in [0.2, 0.25) is 10.0 Å². The van der Waals surface area contributed by atoms with Gasteiger partial charge in [-0.05, 0) is 31.0 Å². The minimum absolute atomic E-state index is 0.00558. The van der Waals surface area contributed by atoms with E-state index in [9.17, 15) is 18.0 Å². The molecule has 2 heterocycles. The van der Waals surface area contributed by atoms with Crippen LogP contribution in [-0.4, -0.2) is 75.7 Å². The van der Waals surface area contributed by atoms with E-state index in [1.54, 1.807) is 6.07 Å². The lowest BCUT2D eigenvalue weighted by Crippen LogP contribution is -2.51. The predicted molar refractivity (Wildman–Crippen MR) is 98.8 cm³/mol. The molecule has 1 aromatic carbocycles. The third kappa shape index (κ3) is 3.76. The number of cyclic esters (lactones) is 1. The van der Waals surface area contributed by atoms with Crippen LogP contribution in [-0.2, 0) is 24.3 Å². The van der Waals surface area contributed by atoms with Crippen LogP contribution in [0.25, 0.3) is 0 Å². The quantitative estimate of drug-likeness (QED) is 0.649. The molecule has 1 amide bonds. The summed E-state index contributed by atoms with van der Waals surface area (Å²) in [5, 5.41) is 0.287. The van der Waals surface area contributed by atoms with Gasteiger partial charge < -0.3 is 14.2 Å². The van der Waals surface area contributed by atoms with E-state index in [0.29, 0.717) is 12.8 Å². The summed E-state index contributed by atoms with van der Waals surface area (Å²) in [6.07, 6.45) is 0.142. The van der Waals surface area contributed by atoms with Crippen LogP contribution in [0.4, 0.5) is 4.79 Å². The topological polar surface area (TPSA) is 102 Å². The molecule has 0 saturated carbocycles. The fraction of sp³-hybridized carbons (Fsp3) is 0.529. The number of methoxy groups -OCH3 is 2. The minimum Gasteiger partial charge on any atom is -0.495 e. The fourth-order valence-electron chi connectivity index (χ4n) is 3.51. The van der Waals surface area contributed by atoms with E-state index < -0.39 is 28.1 Å². The standard InChI is InChI=1S/C17H21ClN2O7S/c1-25-14-4-3-11(18)9-15(14)28(23,24)19-7-5-12(6-8-19)20-13(16(21)26-2)10-27-17(20)22/h3-4,9,12-13H,5-8,10H2,1-2H3. The Morgan fingerprint density at radius 1 is 1.25 bits per heavy atom. The van der Waals surface area contributed by atoms with Crippen LogP contribution in [0.15, 0.2) is 23.1 Å². The smallest absolute Gasteiger partial charge is 0.410 e. The van der Waals surface area contributed by atoms with Crippen molar-refractivity contribution in [3.63, 3.8) is 0 Å². The van der Waals surface area contributed by atoms with Gasteiger partial charge in [-0.15, -0.1) is 0 Å². The van der Waals surface area contributed by atoms with Crippen molar-refractivity contribution in [1.29, 1.82) is 0 Å². The van der Waals surface area contributed by atoms with Crippen LogP contribution in [0.1, 0.15) is 12.8 Å². The molecule has 0 bridgehead atoms. The third-order valence-corrected chi connectivity index (χ3v) is 7.10. The Kier molecular flexibility index (Phi) is 6.01. The number of carbonyl (C=O) groups is 2. The highest BCUT2D eigenvalue weighted by atomic mass is 35.5. The maximum absolute atomic E-state index is 13.0. The van der Waals surface area contributed by atoms with Crippen LogP contribution < -0.4 is 4.74 Å². The van der Waals surface area contributed by atoms with Gasteiger partial charge in [0.05, 0.1) is 14.2 Å². The van der Waals surface area contributed by atoms with Gasteiger partial charge in [-0.2, -0.15) is 4.31 Å². The summed E-state index contributed by atoms with van der Waals surface area (Å²) in [7, 11) is -1.19. The summed E-state index contributed by atoms with van der Waals surface area (Å²) in [4.78, 5) is 25.3. The number of hydrogen-bond donors (Lipinski definition) is 0. The number of carbonyl (C=O) groups excluding carboxylic acids is 2. The zero-order valence-corrected chi connectivity index (χ0v) is 17.0. The van der Waals surface area contributed by atoms with E-state index in [1.165, 1.54) is 35.6 Å². The summed E-state index contributed by atoms with van der Waals surface area (Å²) in [5.74, 6) is -0.343. The van der Waals surface area contributed by atoms with Gasteiger partial charge in [0.1, 0.15) is 17.3 Å². The molecule has 2 fully saturated rings. The van der Waals surface area contributed by atoms with Gasteiger partial charge in [0.25, 0.3) is 0 Å². The zero-order valence-electron chi connectivity index (χ0n) is 15.5. The van der Waals surface area contributed by atoms with Gasteiger partial charge in [0.15, 0.2) is 6.04 Å². The van der Waals surface area contributed by atoms with E-state index in [2.05, 4.69) is 0 Å². The molecule has 1 atom stereocenters. The Bertz CT molecular complexity index is 868. The van der Waals surface area contributed by atoms with Gasteiger partial charge in [-0.25, -0.2) is 18.0 Å². The SMILES string of the molecule is COC(=O)C1COC(=O)N1C1CCN(S(=O)(=O)c2cc(Cl)ccc2OC)CC1. The Morgan fingerprint density at radius 2 is 1.93 bits per heavy atom. The molecule has 154 valence electrons. The molecule has 9 nitrogen and oxygen atoms in total. The van der Waals surface area contributed by atoms with E-state index in [1.807, 2.05) is 0 Å². The first-order valence-electron chi connectivity index (χ1n) is 8.66. The normalized spacial score (nSPS) is 21.5. The number of sulfonamides is 1. The second-order valence-corrected chi connectivity index (χ2v) is 8.80. The highest BCUT2D eigenvalue weighted by molar-refractivity contribution is 7.89. The largest absolute Gasteiger partial charge is 0.495 e. The molecular formula is C17H21ClN2O7S. The molecule has 2 aliphatic heterocycles. The monoisotopic (exact) mass is 432 g/mol. The lowest BCUT2D eigenvalue weighted by atomic mass is 10.0. The van der Waals surface area contributed by atoms with Crippen LogP contribution in [0, 0.1) is 0 Å². The number of benzene rings is 1. The Labute approximate surface area is 168 Å². The summed E-state index contributed by atoms with van der Waals surface area (Å²) < 4.78 is 42.3. The van der Waals surface area contributed by atoms with Crippen molar-refractivity contribution < 1.29 is 32.2 Å². The molecule has 0 radical (unpaired) electrons. The first-order chi connectivity index (χ1) is 13.3. The first kappa shape index (κ1) is 20.7. The predicted octanol–water partition coefficient (Wildman–Crippen LogP) is 1.50. The van der Waals surface area contributed by atoms with Crippen LogP contribution in [0.2, 0.25) is 5.02 Å². The van der Waals surface area contributed by atoms with Crippen molar-refractivity contribution >= 4 is 33.7 Å². The fourth-order valence-corrected chi connectivity index (χ4v) is 5.39. The van der Waals surface area contributed by atoms with Gasteiger partial charge in [-0.1, -0.05) is 11.6 Å². The number of nitrogens with zero attached hydrogens (tertiary/aromatic N) is 2. The second-order valence-electron chi connectivity index (χ2n) is 6.45. The van der Waals surface area contributed by atoms with Crippen molar-refractivity contribution in [2.75, 3.05) is 33.9 Å². The summed E-state index contributed by atoms with van der Waals surface area (Å²) in [6, 6.07) is 3.29. The summed E-state index contributed by atoms with van der Waals surface area (Å²) >= 11 is 5.96. The lowest BCUT2D eigenvalue weighted by Gasteiger charge is -2.36. The minimum atomic E-state index is -3.82. The highest BCUT2D eigenvalue weighted by Crippen LogP contribution is 2.32. The zero-order chi connectivity index (χ0) is 20.5. The van der Waals surface area contributed by atoms with Crippen molar-refractivity contribution in [2.24, 2.45) is 0 Å². The molecule has 28 heavy (non-hydrogen) atoms. The molecular weight excluding hydrogens is 412 g/mol. The van der Waals surface area contributed by atoms with Crippen molar-refractivity contribution in [3.05, 3.63) is 23.2 Å². The highest BCUT2D eigenvalue weighted by Gasteiger charge is 2.44. The Hall–Kier alpha value is -2.04. The van der Waals surface area contributed by atoms with Gasteiger partial charge >= 0.3 is 12.1 Å². The van der Waals surface area contributed by atoms with E-state index in [4.69, 9.17) is 25.8 Å². The van der Waals surface area contributed by atoms with Crippen LogP contribution >= 0.6 is 11.6 Å². The van der Waals surface area contributed by atoms with Crippen molar-refractivity contribution in [2.45, 2.75) is 29.8 Å². The third-order valence-electron chi connectivity index (χ3n) is 4.94. The Morgan fingerprint density at radius 3 is 2.54 bits per heavy atom. The van der Waals surface area contributed by atoms with Crippen molar-refractivity contribution in [3.8, 4) is 5.75 Å². The first-order valence-corrected chi connectivity index (χ1v) is 10.5. The molecule has 0 aliphatic carbocycles. The van der Waals surface area contributed by atoms with E-state index in [0.717, 1.165) is 0 Å². The van der Waals surface area contributed by atoms with Gasteiger partial charge in [-0.3, -0.25) is 4.90 Å². The van der Waals surface area contributed by atoms with E-state index >= 15 is 0 Å². The molecule has 2 saturated heterocycles. The van der Waals surface area contributed by atoms with Gasteiger partial charge in [0, 0.05) is 24.2 Å². The number of ether oxygens (including phenoxy) is 3. The number of piperidine rings is 1. The van der Waals surface area contributed by atoms with Crippen LogP contribution in [0.3, 0.4) is 0 Å². The number of halogens is 1. The maximum atomic E-state index is 13.0. The molecule has 1 aromatic rings.